The van der Waals surface area contributed by atoms with E-state index in [9.17, 15) is 4.79 Å². The molecule has 0 fully saturated rings. The maximum atomic E-state index is 11.7. The van der Waals surface area contributed by atoms with Crippen LogP contribution >= 0.6 is 0 Å². The Morgan fingerprint density at radius 2 is 1.45 bits per heavy atom. The standard InChI is InChI=1S/C18H23N3O/c19-17-10-8-16(9-11-17)12-14-21-18(22)20-13-4-7-15-5-2-1-3-6-15/h1-3,5-6,8-11H,4,7,12-14,19H2,(H2,20,21,22)/p+1. The maximum Gasteiger partial charge on any atom is 0.314 e. The largest absolute Gasteiger partial charge is 0.338 e. The molecule has 0 saturated carbocycles. The SMILES string of the molecule is [NH3+]c1ccc(CCNC(=O)NCCCc2ccccc2)cc1. The monoisotopic (exact) mass is 298 g/mol. The molecule has 0 radical (unpaired) electrons. The summed E-state index contributed by atoms with van der Waals surface area (Å²) in [4.78, 5) is 11.7. The smallest absolute Gasteiger partial charge is 0.314 e. The van der Waals surface area contributed by atoms with E-state index >= 15 is 0 Å². The number of carbonyl (C=O) groups excluding carboxylic acids is 1. The van der Waals surface area contributed by atoms with Gasteiger partial charge in [0.15, 0.2) is 0 Å². The second kappa shape index (κ2) is 8.85. The number of nitrogens with one attached hydrogen (secondary N) is 2. The molecule has 2 aromatic rings. The zero-order valence-electron chi connectivity index (χ0n) is 12.8. The third-order valence-electron chi connectivity index (χ3n) is 3.49. The highest BCUT2D eigenvalue weighted by atomic mass is 16.2. The highest BCUT2D eigenvalue weighted by Gasteiger charge is 2.00. The molecule has 5 N–H and O–H groups in total. The summed E-state index contributed by atoms with van der Waals surface area (Å²) >= 11 is 0. The lowest BCUT2D eigenvalue weighted by Crippen LogP contribution is -2.40. The van der Waals surface area contributed by atoms with Crippen LogP contribution in [-0.2, 0) is 12.8 Å². The first-order valence-corrected chi connectivity index (χ1v) is 7.70. The van der Waals surface area contributed by atoms with Crippen molar-refractivity contribution >= 4 is 11.7 Å². The van der Waals surface area contributed by atoms with Gasteiger partial charge in [-0.15, -0.1) is 0 Å². The van der Waals surface area contributed by atoms with Gasteiger partial charge in [-0.25, -0.2) is 4.79 Å². The average molecular weight is 298 g/mol. The van der Waals surface area contributed by atoms with Crippen LogP contribution in [0.2, 0.25) is 0 Å². The molecule has 2 rings (SSSR count). The molecule has 116 valence electrons. The van der Waals surface area contributed by atoms with Crippen LogP contribution in [0.15, 0.2) is 54.6 Å². The van der Waals surface area contributed by atoms with Crippen molar-refractivity contribution in [1.29, 1.82) is 0 Å². The summed E-state index contributed by atoms with van der Waals surface area (Å²) in [6, 6.07) is 18.3. The molecular weight excluding hydrogens is 274 g/mol. The van der Waals surface area contributed by atoms with Gasteiger partial charge < -0.3 is 16.4 Å². The van der Waals surface area contributed by atoms with E-state index in [4.69, 9.17) is 0 Å². The third-order valence-corrected chi connectivity index (χ3v) is 3.49. The molecule has 4 nitrogen and oxygen atoms in total. The van der Waals surface area contributed by atoms with Crippen molar-refractivity contribution in [2.75, 3.05) is 13.1 Å². The molecular formula is C18H24N3O+. The molecule has 22 heavy (non-hydrogen) atoms. The Kier molecular flexibility index (Phi) is 6.45. The van der Waals surface area contributed by atoms with Crippen LogP contribution in [0.3, 0.4) is 0 Å². The van der Waals surface area contributed by atoms with E-state index in [1.54, 1.807) is 0 Å². The molecule has 0 aromatic heterocycles. The number of amides is 2. The number of hydrogen-bond acceptors (Lipinski definition) is 1. The summed E-state index contributed by atoms with van der Waals surface area (Å²) in [5.41, 5.74) is 7.37. The van der Waals surface area contributed by atoms with Crippen LogP contribution in [0.5, 0.6) is 0 Å². The molecule has 0 aliphatic rings. The van der Waals surface area contributed by atoms with E-state index in [1.807, 2.05) is 42.5 Å². The fourth-order valence-corrected chi connectivity index (χ4v) is 2.23. The van der Waals surface area contributed by atoms with Crippen molar-refractivity contribution in [2.45, 2.75) is 19.3 Å². The van der Waals surface area contributed by atoms with Crippen molar-refractivity contribution in [3.63, 3.8) is 0 Å². The summed E-state index contributed by atoms with van der Waals surface area (Å²) < 4.78 is 0. The summed E-state index contributed by atoms with van der Waals surface area (Å²) in [7, 11) is 0. The van der Waals surface area contributed by atoms with Crippen LogP contribution < -0.4 is 16.4 Å². The van der Waals surface area contributed by atoms with Crippen LogP contribution in [0, 0.1) is 0 Å². The molecule has 0 unspecified atom stereocenters. The van der Waals surface area contributed by atoms with Crippen LogP contribution in [0.1, 0.15) is 17.5 Å². The van der Waals surface area contributed by atoms with Gasteiger partial charge >= 0.3 is 6.03 Å². The Morgan fingerprint density at radius 1 is 0.818 bits per heavy atom. The Bertz CT molecular complexity index is 567. The minimum Gasteiger partial charge on any atom is -0.338 e. The Balaban J connectivity index is 1.55. The molecule has 2 aromatic carbocycles. The molecule has 0 atom stereocenters. The molecule has 0 saturated heterocycles. The topological polar surface area (TPSA) is 68.8 Å². The Morgan fingerprint density at radius 3 is 2.18 bits per heavy atom. The summed E-state index contributed by atoms with van der Waals surface area (Å²) in [5, 5.41) is 5.77. The molecule has 0 bridgehead atoms. The van der Waals surface area contributed by atoms with E-state index in [-0.39, 0.29) is 6.03 Å². The quantitative estimate of drug-likeness (QED) is 0.673. The van der Waals surface area contributed by atoms with E-state index in [1.165, 1.54) is 11.1 Å². The maximum absolute atomic E-state index is 11.7. The van der Waals surface area contributed by atoms with Gasteiger partial charge in [0.25, 0.3) is 0 Å². The van der Waals surface area contributed by atoms with Crippen molar-refractivity contribution in [3.8, 4) is 0 Å². The summed E-state index contributed by atoms with van der Waals surface area (Å²) in [5.74, 6) is 0. The van der Waals surface area contributed by atoms with E-state index in [2.05, 4.69) is 28.5 Å². The van der Waals surface area contributed by atoms with Gasteiger partial charge in [0.05, 0.1) is 0 Å². The lowest BCUT2D eigenvalue weighted by molar-refractivity contribution is -0.254. The molecule has 2 amide bonds. The first kappa shape index (κ1) is 16.0. The first-order valence-electron chi connectivity index (χ1n) is 7.70. The number of benzene rings is 2. The average Bonchev–Trinajstić information content (AvgIpc) is 2.54. The van der Waals surface area contributed by atoms with Gasteiger partial charge in [-0.1, -0.05) is 42.5 Å². The van der Waals surface area contributed by atoms with Gasteiger partial charge in [-0.05, 0) is 42.5 Å². The second-order valence-electron chi connectivity index (χ2n) is 5.34. The minimum absolute atomic E-state index is 0.0955. The zero-order chi connectivity index (χ0) is 15.6. The predicted octanol–water partition coefficient (Wildman–Crippen LogP) is 2.03. The minimum atomic E-state index is -0.0955. The van der Waals surface area contributed by atoms with E-state index < -0.39 is 0 Å². The number of urea groups is 1. The zero-order valence-corrected chi connectivity index (χ0v) is 12.8. The third kappa shape index (κ3) is 5.97. The number of hydrogen-bond donors (Lipinski definition) is 3. The Labute approximate surface area is 131 Å². The van der Waals surface area contributed by atoms with Crippen LogP contribution in [0.4, 0.5) is 10.5 Å². The van der Waals surface area contributed by atoms with Crippen LogP contribution in [-0.4, -0.2) is 19.1 Å². The van der Waals surface area contributed by atoms with Crippen molar-refractivity contribution in [3.05, 3.63) is 65.7 Å². The predicted molar refractivity (Wildman–Crippen MR) is 88.9 cm³/mol. The van der Waals surface area contributed by atoms with Gasteiger partial charge in [-0.2, -0.15) is 0 Å². The molecule has 0 heterocycles. The van der Waals surface area contributed by atoms with E-state index in [0.717, 1.165) is 24.9 Å². The normalized spacial score (nSPS) is 10.2. The number of quaternary nitrogens is 1. The first-order chi connectivity index (χ1) is 10.7. The van der Waals surface area contributed by atoms with Crippen LogP contribution in [0.25, 0.3) is 0 Å². The summed E-state index contributed by atoms with van der Waals surface area (Å²) in [6.07, 6.45) is 2.76. The van der Waals surface area contributed by atoms with Gasteiger partial charge in [-0.3, -0.25) is 0 Å². The number of aryl methyl sites for hydroxylation is 1. The molecule has 4 heteroatoms. The van der Waals surface area contributed by atoms with Gasteiger partial charge in [0, 0.05) is 13.1 Å². The fourth-order valence-electron chi connectivity index (χ4n) is 2.23. The molecule has 0 spiro atoms. The lowest BCUT2D eigenvalue weighted by Gasteiger charge is -2.08. The second-order valence-corrected chi connectivity index (χ2v) is 5.34. The van der Waals surface area contributed by atoms with Crippen molar-refractivity contribution < 1.29 is 10.5 Å². The lowest BCUT2D eigenvalue weighted by atomic mass is 10.1. The summed E-state index contributed by atoms with van der Waals surface area (Å²) in [6.45, 7) is 1.33. The Hall–Kier alpha value is -2.33. The highest BCUT2D eigenvalue weighted by Crippen LogP contribution is 2.04. The van der Waals surface area contributed by atoms with E-state index in [0.29, 0.717) is 13.1 Å². The molecule has 0 aliphatic heterocycles. The van der Waals surface area contributed by atoms with Crippen molar-refractivity contribution in [1.82, 2.24) is 10.6 Å². The van der Waals surface area contributed by atoms with Gasteiger partial charge in [0.2, 0.25) is 0 Å². The fraction of sp³-hybridized carbons (Fsp3) is 0.278. The number of carbonyl (C=O) groups is 1. The molecule has 0 aliphatic carbocycles. The number of rotatable bonds is 7. The van der Waals surface area contributed by atoms with Crippen molar-refractivity contribution in [2.24, 2.45) is 0 Å². The van der Waals surface area contributed by atoms with Gasteiger partial charge in [0.1, 0.15) is 5.69 Å². The highest BCUT2D eigenvalue weighted by molar-refractivity contribution is 5.73.